The van der Waals surface area contributed by atoms with Crippen LogP contribution in [0.4, 0.5) is 0 Å². The van der Waals surface area contributed by atoms with Gasteiger partial charge in [0.1, 0.15) is 0 Å². The second-order valence-electron chi connectivity index (χ2n) is 5.11. The summed E-state index contributed by atoms with van der Waals surface area (Å²) in [5.41, 5.74) is -0.124. The average Bonchev–Trinajstić information content (AvgIpc) is 3.03. The van der Waals surface area contributed by atoms with Gasteiger partial charge in [0.25, 0.3) is 0 Å². The summed E-state index contributed by atoms with van der Waals surface area (Å²) in [7, 11) is 1.37. The number of epoxide rings is 1. The van der Waals surface area contributed by atoms with E-state index >= 15 is 0 Å². The van der Waals surface area contributed by atoms with Gasteiger partial charge in [-0.3, -0.25) is 0 Å². The van der Waals surface area contributed by atoms with Crippen molar-refractivity contribution in [1.82, 2.24) is 0 Å². The van der Waals surface area contributed by atoms with Crippen molar-refractivity contribution in [3.63, 3.8) is 0 Å². The molecule has 1 aliphatic rings. The number of methoxy groups -OCH3 is 1. The van der Waals surface area contributed by atoms with Gasteiger partial charge in [0.05, 0.1) is 13.2 Å². The Morgan fingerprint density at radius 3 is 2.62 bits per heavy atom. The lowest BCUT2D eigenvalue weighted by atomic mass is 9.75. The zero-order valence-corrected chi connectivity index (χ0v) is 10.5. The molecule has 0 aromatic rings. The Labute approximate surface area is 96.9 Å². The number of hydrogen-bond donors (Lipinski definition) is 1. The molecule has 1 rings (SSSR count). The van der Waals surface area contributed by atoms with Gasteiger partial charge in [-0.25, -0.2) is 4.79 Å². The van der Waals surface area contributed by atoms with Gasteiger partial charge in [-0.05, 0) is 17.8 Å². The highest BCUT2D eigenvalue weighted by Crippen LogP contribution is 2.38. The topological polar surface area (TPSA) is 59.1 Å². The lowest BCUT2D eigenvalue weighted by Crippen LogP contribution is -2.29. The summed E-state index contributed by atoms with van der Waals surface area (Å²) in [6, 6.07) is 0. The van der Waals surface area contributed by atoms with Crippen molar-refractivity contribution < 1.29 is 19.4 Å². The minimum atomic E-state index is -0.381. The number of aliphatic hydroxyl groups excluding tert-OH is 1. The van der Waals surface area contributed by atoms with Crippen LogP contribution in [-0.2, 0) is 14.3 Å². The molecule has 16 heavy (non-hydrogen) atoms. The molecule has 0 saturated carbocycles. The highest BCUT2D eigenvalue weighted by atomic mass is 16.6. The SMILES string of the molecule is CCC(CC1OC1C(=O)OC)C(C)(C)CO. The van der Waals surface area contributed by atoms with E-state index in [1.807, 2.05) is 13.8 Å². The Hall–Kier alpha value is -0.610. The van der Waals surface area contributed by atoms with Crippen molar-refractivity contribution in [2.75, 3.05) is 13.7 Å². The van der Waals surface area contributed by atoms with E-state index in [1.165, 1.54) is 7.11 Å². The third-order valence-corrected chi connectivity index (χ3v) is 3.54. The fraction of sp³-hybridized carbons (Fsp3) is 0.917. The standard InChI is InChI=1S/C12H22O4/c1-5-8(12(2,3)7-13)6-9-10(16-9)11(14)15-4/h8-10,13H,5-7H2,1-4H3. The Balaban J connectivity index is 2.45. The molecule has 0 spiro atoms. The highest BCUT2D eigenvalue weighted by molar-refractivity contribution is 5.77. The fourth-order valence-corrected chi connectivity index (χ4v) is 2.09. The first kappa shape index (κ1) is 13.5. The van der Waals surface area contributed by atoms with Crippen LogP contribution in [0.5, 0.6) is 0 Å². The van der Waals surface area contributed by atoms with E-state index in [9.17, 15) is 9.90 Å². The minimum absolute atomic E-state index is 0.0248. The molecule has 1 aliphatic heterocycles. The van der Waals surface area contributed by atoms with Crippen LogP contribution in [0.3, 0.4) is 0 Å². The van der Waals surface area contributed by atoms with Crippen molar-refractivity contribution in [2.45, 2.75) is 45.8 Å². The van der Waals surface area contributed by atoms with Crippen LogP contribution in [-0.4, -0.2) is 37.0 Å². The fourth-order valence-electron chi connectivity index (χ4n) is 2.09. The Morgan fingerprint density at radius 2 is 2.19 bits per heavy atom. The number of rotatable bonds is 6. The molecular formula is C12H22O4. The quantitative estimate of drug-likeness (QED) is 0.553. The molecule has 0 aromatic heterocycles. The van der Waals surface area contributed by atoms with Crippen LogP contribution < -0.4 is 0 Å². The van der Waals surface area contributed by atoms with Crippen molar-refractivity contribution in [1.29, 1.82) is 0 Å². The maximum absolute atomic E-state index is 11.2. The zero-order valence-electron chi connectivity index (χ0n) is 10.5. The van der Waals surface area contributed by atoms with Crippen molar-refractivity contribution in [3.8, 4) is 0 Å². The van der Waals surface area contributed by atoms with E-state index in [2.05, 4.69) is 11.7 Å². The monoisotopic (exact) mass is 230 g/mol. The summed E-state index contributed by atoms with van der Waals surface area (Å²) in [6.45, 7) is 6.33. The van der Waals surface area contributed by atoms with Crippen molar-refractivity contribution in [2.24, 2.45) is 11.3 Å². The molecular weight excluding hydrogens is 208 g/mol. The third-order valence-electron chi connectivity index (χ3n) is 3.54. The number of carbonyl (C=O) groups excluding carboxylic acids is 1. The maximum atomic E-state index is 11.2. The lowest BCUT2D eigenvalue weighted by Gasteiger charge is -2.31. The third kappa shape index (κ3) is 2.95. The second-order valence-corrected chi connectivity index (χ2v) is 5.11. The summed E-state index contributed by atoms with van der Waals surface area (Å²) in [6.07, 6.45) is 1.38. The molecule has 0 amide bonds. The molecule has 1 saturated heterocycles. The highest BCUT2D eigenvalue weighted by Gasteiger charge is 2.48. The molecule has 0 radical (unpaired) electrons. The zero-order chi connectivity index (χ0) is 12.3. The van der Waals surface area contributed by atoms with E-state index in [4.69, 9.17) is 4.74 Å². The molecule has 0 bridgehead atoms. The van der Waals surface area contributed by atoms with Crippen LogP contribution in [0.2, 0.25) is 0 Å². The molecule has 3 unspecified atom stereocenters. The number of hydrogen-bond acceptors (Lipinski definition) is 4. The van der Waals surface area contributed by atoms with Gasteiger partial charge in [0.15, 0.2) is 6.10 Å². The van der Waals surface area contributed by atoms with Crippen molar-refractivity contribution in [3.05, 3.63) is 0 Å². The molecule has 1 heterocycles. The smallest absolute Gasteiger partial charge is 0.337 e. The molecule has 1 N–H and O–H groups in total. The summed E-state index contributed by atoms with van der Waals surface area (Å²) >= 11 is 0. The molecule has 4 nitrogen and oxygen atoms in total. The van der Waals surface area contributed by atoms with Crippen molar-refractivity contribution >= 4 is 5.97 Å². The average molecular weight is 230 g/mol. The van der Waals surface area contributed by atoms with Crippen LogP contribution in [0.25, 0.3) is 0 Å². The first-order valence-corrected chi connectivity index (χ1v) is 5.80. The Morgan fingerprint density at radius 1 is 1.56 bits per heavy atom. The van der Waals surface area contributed by atoms with Gasteiger partial charge >= 0.3 is 5.97 Å². The Kier molecular flexibility index (Phi) is 4.33. The van der Waals surface area contributed by atoms with E-state index in [0.717, 1.165) is 12.8 Å². The number of ether oxygens (including phenoxy) is 2. The van der Waals surface area contributed by atoms with E-state index in [-0.39, 0.29) is 30.2 Å². The largest absolute Gasteiger partial charge is 0.467 e. The van der Waals surface area contributed by atoms with Gasteiger partial charge in [0.2, 0.25) is 0 Å². The number of carbonyl (C=O) groups is 1. The molecule has 94 valence electrons. The summed E-state index contributed by atoms with van der Waals surface area (Å²) in [5, 5.41) is 9.32. The molecule has 1 fully saturated rings. The number of aliphatic hydroxyl groups is 1. The summed E-state index contributed by atoms with van der Waals surface area (Å²) in [4.78, 5) is 11.2. The van der Waals surface area contributed by atoms with Crippen LogP contribution >= 0.6 is 0 Å². The second kappa shape index (κ2) is 5.15. The van der Waals surface area contributed by atoms with E-state index in [1.54, 1.807) is 0 Å². The molecule has 0 aliphatic carbocycles. The lowest BCUT2D eigenvalue weighted by molar-refractivity contribution is -0.142. The first-order valence-electron chi connectivity index (χ1n) is 5.80. The predicted molar refractivity (Wildman–Crippen MR) is 59.9 cm³/mol. The van der Waals surface area contributed by atoms with Crippen LogP contribution in [0.15, 0.2) is 0 Å². The molecule has 3 atom stereocenters. The summed E-state index contributed by atoms with van der Waals surface area (Å²) < 4.78 is 9.90. The van der Waals surface area contributed by atoms with Gasteiger partial charge in [-0.15, -0.1) is 0 Å². The minimum Gasteiger partial charge on any atom is -0.467 e. The van der Waals surface area contributed by atoms with Crippen LogP contribution in [0.1, 0.15) is 33.6 Å². The molecule has 4 heteroatoms. The molecule has 0 aromatic carbocycles. The van der Waals surface area contributed by atoms with Gasteiger partial charge in [-0.1, -0.05) is 27.2 Å². The van der Waals surface area contributed by atoms with Gasteiger partial charge < -0.3 is 14.6 Å². The van der Waals surface area contributed by atoms with Gasteiger partial charge in [0, 0.05) is 6.61 Å². The first-order chi connectivity index (χ1) is 7.46. The Bertz CT molecular complexity index is 249. The van der Waals surface area contributed by atoms with Crippen LogP contribution in [0, 0.1) is 11.3 Å². The summed E-state index contributed by atoms with van der Waals surface area (Å²) in [5.74, 6) is 0.0683. The maximum Gasteiger partial charge on any atom is 0.337 e. The predicted octanol–water partition coefficient (Wildman–Crippen LogP) is 1.36. The normalized spacial score (nSPS) is 26.3. The van der Waals surface area contributed by atoms with E-state index < -0.39 is 0 Å². The number of esters is 1. The van der Waals surface area contributed by atoms with E-state index in [0.29, 0.717) is 5.92 Å². The van der Waals surface area contributed by atoms with Gasteiger partial charge in [-0.2, -0.15) is 0 Å².